The number of fused-ring (bicyclic) bond motifs is 2. The van der Waals surface area contributed by atoms with Crippen LogP contribution < -0.4 is 29.3 Å². The van der Waals surface area contributed by atoms with Crippen molar-refractivity contribution in [3.63, 3.8) is 0 Å². The second-order valence-electron chi connectivity index (χ2n) is 9.17. The molecular weight excluding hydrogens is 678 g/mol. The lowest BCUT2D eigenvalue weighted by molar-refractivity contribution is -0.139. The number of carbonyl (C=O) groups excluding carboxylic acids is 2. The molecule has 0 spiro atoms. The summed E-state index contributed by atoms with van der Waals surface area (Å²) in [5.74, 6) is 0.113. The van der Waals surface area contributed by atoms with E-state index in [-0.39, 0.29) is 22.6 Å². The van der Waals surface area contributed by atoms with Crippen molar-refractivity contribution >= 4 is 66.3 Å². The van der Waals surface area contributed by atoms with Gasteiger partial charge in [-0.2, -0.15) is 0 Å². The number of aromatic nitrogens is 1. The number of amides is 1. The highest BCUT2D eigenvalue weighted by atomic mass is 79.9. The second-order valence-corrected chi connectivity index (χ2v) is 11.9. The van der Waals surface area contributed by atoms with E-state index in [4.69, 9.17) is 14.2 Å². The Balaban J connectivity index is 1.86. The molecule has 2 aromatic carbocycles. The van der Waals surface area contributed by atoms with Gasteiger partial charge in [0.1, 0.15) is 4.53 Å². The van der Waals surface area contributed by atoms with Crippen molar-refractivity contribution in [2.24, 2.45) is 4.99 Å². The van der Waals surface area contributed by atoms with Crippen LogP contribution in [0.25, 0.3) is 5.57 Å². The normalized spacial score (nSPS) is 17.3. The molecule has 1 aromatic heterocycles. The first-order chi connectivity index (χ1) is 19.7. The zero-order valence-corrected chi connectivity index (χ0v) is 27.0. The monoisotopic (exact) mass is 703 g/mol. The van der Waals surface area contributed by atoms with E-state index in [9.17, 15) is 14.4 Å². The third-order valence-corrected chi connectivity index (χ3v) is 9.12. The number of likely N-dealkylation sites (N-methyl/N-ethyl adjacent to an activating group) is 1. The average molecular weight is 705 g/mol. The van der Waals surface area contributed by atoms with Crippen molar-refractivity contribution in [3.05, 3.63) is 81.4 Å². The maximum Gasteiger partial charge on any atom is 0.338 e. The van der Waals surface area contributed by atoms with Crippen LogP contribution in [-0.4, -0.2) is 43.3 Å². The van der Waals surface area contributed by atoms with E-state index >= 15 is 0 Å². The summed E-state index contributed by atoms with van der Waals surface area (Å²) in [5, 5.41) is 0. The minimum atomic E-state index is -0.903. The Morgan fingerprint density at radius 1 is 1.07 bits per heavy atom. The minimum absolute atomic E-state index is 0.151. The summed E-state index contributed by atoms with van der Waals surface area (Å²) < 4.78 is 19.9. The molecule has 0 saturated heterocycles. The van der Waals surface area contributed by atoms with Gasteiger partial charge in [-0.1, -0.05) is 43.2 Å². The van der Waals surface area contributed by atoms with E-state index in [1.54, 1.807) is 30.9 Å². The second kappa shape index (κ2) is 11.6. The number of nitrogens with zero attached hydrogens (tertiary/aromatic N) is 3. The summed E-state index contributed by atoms with van der Waals surface area (Å²) in [7, 11) is 1.54. The molecule has 3 heterocycles. The number of hydrogen-bond donors (Lipinski definition) is 0. The van der Waals surface area contributed by atoms with Gasteiger partial charge in [0.2, 0.25) is 0 Å². The van der Waals surface area contributed by atoms with Gasteiger partial charge < -0.3 is 19.1 Å². The number of anilines is 1. The smallest absolute Gasteiger partial charge is 0.338 e. The van der Waals surface area contributed by atoms with Gasteiger partial charge in [0.15, 0.2) is 16.3 Å². The number of carbonyl (C=O) groups is 2. The molecule has 41 heavy (non-hydrogen) atoms. The lowest BCUT2D eigenvalue weighted by Gasteiger charge is -2.26. The Morgan fingerprint density at radius 2 is 1.83 bits per heavy atom. The number of methoxy groups -OCH3 is 1. The fourth-order valence-corrected chi connectivity index (χ4v) is 7.20. The average Bonchev–Trinajstić information content (AvgIpc) is 3.40. The first-order valence-electron chi connectivity index (χ1n) is 13.0. The SMILES string of the molecule is CCOC(=O)C1=C(C)N=c2s/c(=C3/C(=O)N(CC)c4ccc(Br)cc43)c(=O)n2[C@H]1c1cc(OCC)c(OC)cc1Br. The number of hydrogen-bond acceptors (Lipinski definition) is 8. The van der Waals surface area contributed by atoms with E-state index < -0.39 is 17.6 Å². The summed E-state index contributed by atoms with van der Waals surface area (Å²) >= 11 is 8.26. The van der Waals surface area contributed by atoms with Crippen LogP contribution >= 0.6 is 43.2 Å². The Bertz CT molecular complexity index is 1810. The number of esters is 1. The topological polar surface area (TPSA) is 99.4 Å². The molecule has 0 aliphatic carbocycles. The Morgan fingerprint density at radius 3 is 2.49 bits per heavy atom. The fourth-order valence-electron chi connectivity index (χ4n) is 5.16. The predicted octanol–water partition coefficient (Wildman–Crippen LogP) is 4.47. The third-order valence-electron chi connectivity index (χ3n) is 6.89. The van der Waals surface area contributed by atoms with E-state index in [1.165, 1.54) is 11.7 Å². The van der Waals surface area contributed by atoms with Crippen LogP contribution in [0.5, 0.6) is 11.5 Å². The highest BCUT2D eigenvalue weighted by Crippen LogP contribution is 2.41. The Kier molecular flexibility index (Phi) is 8.27. The minimum Gasteiger partial charge on any atom is -0.493 e. The van der Waals surface area contributed by atoms with Crippen molar-refractivity contribution in [2.75, 3.05) is 31.8 Å². The molecule has 0 fully saturated rings. The van der Waals surface area contributed by atoms with Gasteiger partial charge >= 0.3 is 5.97 Å². The highest BCUT2D eigenvalue weighted by molar-refractivity contribution is 9.10. The first kappa shape index (κ1) is 29.3. The molecule has 214 valence electrons. The largest absolute Gasteiger partial charge is 0.493 e. The first-order valence-corrected chi connectivity index (χ1v) is 15.4. The van der Waals surface area contributed by atoms with Gasteiger partial charge in [-0.25, -0.2) is 9.79 Å². The van der Waals surface area contributed by atoms with Crippen molar-refractivity contribution < 1.29 is 23.8 Å². The molecule has 1 amide bonds. The molecule has 0 radical (unpaired) electrons. The summed E-state index contributed by atoms with van der Waals surface area (Å²) in [5.41, 5.74) is 2.51. The van der Waals surface area contributed by atoms with Crippen molar-refractivity contribution in [1.82, 2.24) is 4.57 Å². The molecule has 0 unspecified atom stereocenters. The number of allylic oxidation sites excluding steroid dienone is 1. The standard InChI is InChI=1S/C29H27Br2N3O6S/c1-6-33-19-10-9-15(30)11-17(19)23(26(33)35)25-27(36)34-24(16-12-21(39-7-2)20(38-5)13-18(16)31)22(28(37)40-8-3)14(4)32-29(34)41-25/h9-13,24H,6-8H2,1-5H3/b25-23+/t24-/m0/s1. The quantitative estimate of drug-likeness (QED) is 0.337. The van der Waals surface area contributed by atoms with E-state index in [0.29, 0.717) is 56.3 Å². The maximum absolute atomic E-state index is 14.4. The molecular formula is C29H27Br2N3O6S. The van der Waals surface area contributed by atoms with Gasteiger partial charge in [0.25, 0.3) is 11.5 Å². The molecule has 0 bridgehead atoms. The summed E-state index contributed by atoms with van der Waals surface area (Å²) in [4.78, 5) is 48.1. The molecule has 5 rings (SSSR count). The molecule has 0 N–H and O–H groups in total. The van der Waals surface area contributed by atoms with E-state index in [2.05, 4.69) is 36.9 Å². The predicted molar refractivity (Wildman–Crippen MR) is 163 cm³/mol. The van der Waals surface area contributed by atoms with Crippen LogP contribution in [-0.2, 0) is 14.3 Å². The zero-order valence-electron chi connectivity index (χ0n) is 23.0. The zero-order chi connectivity index (χ0) is 29.6. The molecule has 2 aliphatic rings. The lowest BCUT2D eigenvalue weighted by Crippen LogP contribution is -2.41. The number of rotatable bonds is 7. The van der Waals surface area contributed by atoms with Crippen molar-refractivity contribution in [1.29, 1.82) is 0 Å². The molecule has 12 heteroatoms. The van der Waals surface area contributed by atoms with E-state index in [0.717, 1.165) is 21.5 Å². The van der Waals surface area contributed by atoms with Gasteiger partial charge in [0.05, 0.1) is 48.9 Å². The van der Waals surface area contributed by atoms with Crippen molar-refractivity contribution in [2.45, 2.75) is 33.7 Å². The number of halogens is 2. The number of ether oxygens (including phenoxy) is 3. The van der Waals surface area contributed by atoms with E-state index in [1.807, 2.05) is 32.0 Å². The highest BCUT2D eigenvalue weighted by Gasteiger charge is 2.38. The summed E-state index contributed by atoms with van der Waals surface area (Å²) in [6.07, 6.45) is 0. The van der Waals surface area contributed by atoms with Crippen LogP contribution in [0.3, 0.4) is 0 Å². The molecule has 2 aliphatic heterocycles. The van der Waals surface area contributed by atoms with Gasteiger partial charge in [-0.3, -0.25) is 14.2 Å². The summed E-state index contributed by atoms with van der Waals surface area (Å²) in [6, 6.07) is 8.16. The Hall–Kier alpha value is -3.22. The lowest BCUT2D eigenvalue weighted by atomic mass is 9.95. The maximum atomic E-state index is 14.4. The number of benzene rings is 2. The Labute approximate surface area is 257 Å². The van der Waals surface area contributed by atoms with Crippen LogP contribution in [0, 0.1) is 0 Å². The fraction of sp³-hybridized carbons (Fsp3) is 0.310. The van der Waals surface area contributed by atoms with Crippen LogP contribution in [0.4, 0.5) is 5.69 Å². The van der Waals surface area contributed by atoms with Crippen LogP contribution in [0.2, 0.25) is 0 Å². The molecule has 3 aromatic rings. The van der Waals surface area contributed by atoms with Gasteiger partial charge in [-0.05, 0) is 63.6 Å². The molecule has 9 nitrogen and oxygen atoms in total. The summed E-state index contributed by atoms with van der Waals surface area (Å²) in [6.45, 7) is 8.16. The van der Waals surface area contributed by atoms with Gasteiger partial charge in [-0.15, -0.1) is 0 Å². The third kappa shape index (κ3) is 4.85. The number of thiazole rings is 1. The van der Waals surface area contributed by atoms with Crippen LogP contribution in [0.15, 0.2) is 60.3 Å². The van der Waals surface area contributed by atoms with Crippen LogP contribution in [0.1, 0.15) is 44.9 Å². The molecule has 1 atom stereocenters. The van der Waals surface area contributed by atoms with Crippen molar-refractivity contribution in [3.8, 4) is 11.5 Å². The molecule has 0 saturated carbocycles. The van der Waals surface area contributed by atoms with Gasteiger partial charge in [0, 0.05) is 21.1 Å².